The fourth-order valence-electron chi connectivity index (χ4n) is 1.50. The van der Waals surface area contributed by atoms with Gasteiger partial charge in [-0.2, -0.15) is 0 Å². The van der Waals surface area contributed by atoms with Crippen LogP contribution in [-0.4, -0.2) is 26.8 Å². The van der Waals surface area contributed by atoms with Crippen LogP contribution in [0.1, 0.15) is 19.4 Å². The normalized spacial score (nSPS) is 11.8. The summed E-state index contributed by atoms with van der Waals surface area (Å²) in [6, 6.07) is 3.56. The summed E-state index contributed by atoms with van der Waals surface area (Å²) in [4.78, 5) is 10.1. The van der Waals surface area contributed by atoms with Crippen molar-refractivity contribution in [2.45, 2.75) is 19.9 Å². The van der Waals surface area contributed by atoms with E-state index >= 15 is 0 Å². The molecule has 17 heavy (non-hydrogen) atoms. The monoisotopic (exact) mass is 262 g/mol. The van der Waals surface area contributed by atoms with Gasteiger partial charge < -0.3 is 13.6 Å². The van der Waals surface area contributed by atoms with E-state index in [1.54, 1.807) is 13.8 Å². The Morgan fingerprint density at radius 1 is 1.12 bits per heavy atom. The lowest BCUT2D eigenvalue weighted by molar-refractivity contribution is 0.107. The Bertz CT molecular complexity index is 368. The maximum absolute atomic E-state index is 13.0. The van der Waals surface area contributed by atoms with Crippen LogP contribution in [0.15, 0.2) is 18.2 Å². The van der Waals surface area contributed by atoms with Crippen molar-refractivity contribution in [1.82, 2.24) is 0 Å². The van der Waals surface area contributed by atoms with Gasteiger partial charge in [0.15, 0.2) is 11.6 Å². The summed E-state index contributed by atoms with van der Waals surface area (Å²) in [7, 11) is -3.32. The Morgan fingerprint density at radius 3 is 2.18 bits per heavy atom. The average Bonchev–Trinajstić information content (AvgIpc) is 2.24. The molecule has 0 saturated carbocycles. The van der Waals surface area contributed by atoms with Crippen molar-refractivity contribution >= 4 is 8.80 Å². The van der Waals surface area contributed by atoms with E-state index in [2.05, 4.69) is 0 Å². The summed E-state index contributed by atoms with van der Waals surface area (Å²) < 4.78 is 36.1. The van der Waals surface area contributed by atoms with Gasteiger partial charge in [-0.25, -0.2) is 8.78 Å². The first-order chi connectivity index (χ1) is 8.00. The van der Waals surface area contributed by atoms with E-state index < -0.39 is 20.4 Å². The summed E-state index contributed by atoms with van der Waals surface area (Å²) in [5.74, 6) is -1.85. The van der Waals surface area contributed by atoms with E-state index in [0.29, 0.717) is 18.8 Å². The number of benzene rings is 1. The molecule has 0 amide bonds. The first kappa shape index (κ1) is 14.2. The third kappa shape index (κ3) is 4.16. The topological polar surface area (TPSA) is 38.7 Å². The maximum Gasteiger partial charge on any atom is 0.502 e. The Labute approximate surface area is 100 Å². The van der Waals surface area contributed by atoms with Gasteiger partial charge in [0.25, 0.3) is 0 Å². The molecule has 96 valence electrons. The zero-order valence-corrected chi connectivity index (χ0v) is 10.9. The van der Waals surface area contributed by atoms with Gasteiger partial charge in [0, 0.05) is 19.3 Å². The van der Waals surface area contributed by atoms with E-state index in [-0.39, 0.29) is 6.04 Å². The minimum absolute atomic E-state index is 0.0753. The van der Waals surface area contributed by atoms with Gasteiger partial charge in [0.05, 0.1) is 0 Å². The lowest BCUT2D eigenvalue weighted by Gasteiger charge is -2.22. The summed E-state index contributed by atoms with van der Waals surface area (Å²) in [6.45, 7) is 4.10. The standard InChI is InChI=1S/C11H16F2O3Si/c1-3-15-17(14,16-4-2)8-9-5-6-10(12)11(13)7-9/h5-7,14H,3-4,8H2,1-2H3. The highest BCUT2D eigenvalue weighted by Gasteiger charge is 2.36. The van der Waals surface area contributed by atoms with Crippen molar-refractivity contribution < 1.29 is 22.4 Å². The third-order valence-corrected chi connectivity index (χ3v) is 4.49. The molecule has 1 rings (SSSR count). The van der Waals surface area contributed by atoms with E-state index in [0.717, 1.165) is 12.1 Å². The Hall–Kier alpha value is -0.823. The molecule has 0 aliphatic rings. The van der Waals surface area contributed by atoms with Gasteiger partial charge in [-0.1, -0.05) is 6.07 Å². The lowest BCUT2D eigenvalue weighted by Crippen LogP contribution is -2.45. The van der Waals surface area contributed by atoms with Crippen LogP contribution >= 0.6 is 0 Å². The van der Waals surface area contributed by atoms with Crippen LogP contribution in [0.2, 0.25) is 0 Å². The van der Waals surface area contributed by atoms with Crippen LogP contribution in [-0.2, 0) is 14.9 Å². The molecule has 0 aliphatic carbocycles. The van der Waals surface area contributed by atoms with Crippen LogP contribution < -0.4 is 0 Å². The number of hydrogen-bond donors (Lipinski definition) is 1. The molecule has 0 aromatic heterocycles. The van der Waals surface area contributed by atoms with Crippen LogP contribution in [0.25, 0.3) is 0 Å². The summed E-state index contributed by atoms with van der Waals surface area (Å²) in [5, 5.41) is 0. The zero-order chi connectivity index (χ0) is 12.9. The molecule has 0 radical (unpaired) electrons. The van der Waals surface area contributed by atoms with Crippen molar-refractivity contribution in [1.29, 1.82) is 0 Å². The predicted molar refractivity (Wildman–Crippen MR) is 61.3 cm³/mol. The molecule has 0 unspecified atom stereocenters. The number of halogens is 2. The molecule has 0 bridgehead atoms. The highest BCUT2D eigenvalue weighted by molar-refractivity contribution is 6.58. The lowest BCUT2D eigenvalue weighted by atomic mass is 10.2. The highest BCUT2D eigenvalue weighted by Crippen LogP contribution is 2.15. The predicted octanol–water partition coefficient (Wildman–Crippen LogP) is 2.05. The molecule has 0 heterocycles. The Morgan fingerprint density at radius 2 is 1.71 bits per heavy atom. The molecule has 3 nitrogen and oxygen atoms in total. The molecule has 1 N–H and O–H groups in total. The van der Waals surface area contributed by atoms with Gasteiger partial charge in [0.2, 0.25) is 0 Å². The Balaban J connectivity index is 2.81. The van der Waals surface area contributed by atoms with Crippen molar-refractivity contribution in [3.63, 3.8) is 0 Å². The van der Waals surface area contributed by atoms with Crippen LogP contribution in [0.3, 0.4) is 0 Å². The molecular formula is C11H16F2O3Si. The number of hydrogen-bond acceptors (Lipinski definition) is 3. The first-order valence-electron chi connectivity index (χ1n) is 5.45. The fraction of sp³-hybridized carbons (Fsp3) is 0.455. The van der Waals surface area contributed by atoms with Crippen LogP contribution in [0.4, 0.5) is 8.78 Å². The summed E-state index contributed by atoms with van der Waals surface area (Å²) in [5.41, 5.74) is 0.458. The van der Waals surface area contributed by atoms with Gasteiger partial charge in [-0.3, -0.25) is 0 Å². The minimum Gasteiger partial charge on any atom is -0.389 e. The zero-order valence-electron chi connectivity index (χ0n) is 9.87. The maximum atomic E-state index is 13.0. The average molecular weight is 262 g/mol. The second kappa shape index (κ2) is 6.20. The van der Waals surface area contributed by atoms with E-state index in [4.69, 9.17) is 8.85 Å². The van der Waals surface area contributed by atoms with Gasteiger partial charge in [0.1, 0.15) is 0 Å². The van der Waals surface area contributed by atoms with Crippen molar-refractivity contribution in [2.24, 2.45) is 0 Å². The molecule has 0 spiro atoms. The largest absolute Gasteiger partial charge is 0.502 e. The number of rotatable bonds is 6. The van der Waals surface area contributed by atoms with E-state index in [9.17, 15) is 13.6 Å². The molecule has 1 aromatic carbocycles. The molecule has 0 atom stereocenters. The molecule has 0 saturated heterocycles. The smallest absolute Gasteiger partial charge is 0.389 e. The first-order valence-corrected chi connectivity index (χ1v) is 7.42. The summed E-state index contributed by atoms with van der Waals surface area (Å²) >= 11 is 0. The Kier molecular flexibility index (Phi) is 5.19. The summed E-state index contributed by atoms with van der Waals surface area (Å²) in [6.07, 6.45) is 0. The van der Waals surface area contributed by atoms with Crippen LogP contribution in [0.5, 0.6) is 0 Å². The van der Waals surface area contributed by atoms with Crippen molar-refractivity contribution in [3.8, 4) is 0 Å². The molecule has 6 heteroatoms. The van der Waals surface area contributed by atoms with Crippen molar-refractivity contribution in [2.75, 3.05) is 13.2 Å². The fourth-order valence-corrected chi connectivity index (χ4v) is 3.43. The molecule has 0 fully saturated rings. The van der Waals surface area contributed by atoms with E-state index in [1.165, 1.54) is 6.07 Å². The highest BCUT2D eigenvalue weighted by atomic mass is 28.4. The van der Waals surface area contributed by atoms with Crippen molar-refractivity contribution in [3.05, 3.63) is 35.4 Å². The quantitative estimate of drug-likeness (QED) is 0.797. The SMILES string of the molecule is CCO[Si](O)(Cc1ccc(F)c(F)c1)OCC. The second-order valence-corrected chi connectivity index (χ2v) is 5.86. The third-order valence-electron chi connectivity index (χ3n) is 2.15. The van der Waals surface area contributed by atoms with Crippen LogP contribution in [0, 0.1) is 11.6 Å². The van der Waals surface area contributed by atoms with E-state index in [1.807, 2.05) is 0 Å². The molecular weight excluding hydrogens is 246 g/mol. The second-order valence-electron chi connectivity index (χ2n) is 3.50. The van der Waals surface area contributed by atoms with Gasteiger partial charge in [-0.05, 0) is 31.5 Å². The van der Waals surface area contributed by atoms with Gasteiger partial charge in [-0.15, -0.1) is 0 Å². The van der Waals surface area contributed by atoms with Gasteiger partial charge >= 0.3 is 8.80 Å². The molecule has 0 aliphatic heterocycles. The molecule has 1 aromatic rings. The minimum atomic E-state index is -3.32.